The smallest absolute Gasteiger partial charge is 0.262 e. The predicted octanol–water partition coefficient (Wildman–Crippen LogP) is 3.33. The minimum Gasteiger partial charge on any atom is -0.482 e. The first-order chi connectivity index (χ1) is 15.2. The third-order valence-electron chi connectivity index (χ3n) is 5.81. The fourth-order valence-electron chi connectivity index (χ4n) is 3.99. The van der Waals surface area contributed by atoms with Gasteiger partial charge in [0.05, 0.1) is 16.5 Å². The fraction of sp³-hybridized carbons (Fsp3) is 0.364. The van der Waals surface area contributed by atoms with Crippen LogP contribution in [0.4, 0.5) is 11.4 Å². The summed E-state index contributed by atoms with van der Waals surface area (Å²) in [5.74, 6) is -0.683. The number of nitrogens with zero attached hydrogens (tertiary/aromatic N) is 1. The molecule has 4 rings (SSSR count). The molecule has 0 spiro atoms. The predicted molar refractivity (Wildman–Crippen MR) is 122 cm³/mol. The largest absolute Gasteiger partial charge is 0.482 e. The van der Waals surface area contributed by atoms with Crippen molar-refractivity contribution in [2.75, 3.05) is 30.3 Å². The Morgan fingerprint density at radius 2 is 2.06 bits per heavy atom. The lowest BCUT2D eigenvalue weighted by Gasteiger charge is -2.32. The second-order valence-electron chi connectivity index (χ2n) is 8.05. The Morgan fingerprint density at radius 1 is 1.28 bits per heavy atom. The molecule has 10 heteroatoms. The maximum Gasteiger partial charge on any atom is 0.262 e. The lowest BCUT2D eigenvalue weighted by Crippen LogP contribution is -2.44. The number of fused-ring (bicyclic) bond motifs is 1. The number of amides is 2. The molecule has 0 bridgehead atoms. The molecule has 1 atom stereocenters. The first kappa shape index (κ1) is 22.6. The van der Waals surface area contributed by atoms with Gasteiger partial charge in [-0.1, -0.05) is 17.7 Å². The van der Waals surface area contributed by atoms with Crippen molar-refractivity contribution in [1.29, 1.82) is 0 Å². The fourth-order valence-corrected chi connectivity index (χ4v) is 5.91. The normalized spacial score (nSPS) is 19.0. The number of hydrogen-bond acceptors (Lipinski definition) is 5. The molecule has 8 nitrogen and oxygen atoms in total. The van der Waals surface area contributed by atoms with Gasteiger partial charge < -0.3 is 15.4 Å². The third-order valence-corrected chi connectivity index (χ3v) is 8.22. The second-order valence-corrected chi connectivity index (χ2v) is 10.4. The van der Waals surface area contributed by atoms with E-state index >= 15 is 0 Å². The molecule has 2 aliphatic heterocycles. The average Bonchev–Trinajstić information content (AvgIpc) is 2.76. The van der Waals surface area contributed by atoms with E-state index in [1.54, 1.807) is 31.2 Å². The van der Waals surface area contributed by atoms with Crippen molar-refractivity contribution < 1.29 is 22.7 Å². The number of nitrogens with one attached hydrogen (secondary N) is 2. The molecule has 1 saturated heterocycles. The SMILES string of the molecule is Cc1cc2c(cc1S(=O)(=O)N1CCC[C@H](C(=O)Nc3cccc(Cl)c3C)C1)OCC(=O)N2. The zero-order valence-corrected chi connectivity index (χ0v) is 19.3. The van der Waals surface area contributed by atoms with Gasteiger partial charge in [-0.25, -0.2) is 8.42 Å². The first-order valence-corrected chi connectivity index (χ1v) is 12.1. The maximum absolute atomic E-state index is 13.4. The molecule has 2 N–H and O–H groups in total. The Kier molecular flexibility index (Phi) is 6.15. The van der Waals surface area contributed by atoms with E-state index in [-0.39, 0.29) is 29.9 Å². The summed E-state index contributed by atoms with van der Waals surface area (Å²) in [6.45, 7) is 3.74. The summed E-state index contributed by atoms with van der Waals surface area (Å²) in [6.07, 6.45) is 1.16. The molecule has 32 heavy (non-hydrogen) atoms. The number of piperidine rings is 1. The number of carbonyl (C=O) groups is 2. The summed E-state index contributed by atoms with van der Waals surface area (Å²) in [5.41, 5.74) is 2.33. The molecule has 2 amide bonds. The lowest BCUT2D eigenvalue weighted by atomic mass is 9.98. The van der Waals surface area contributed by atoms with Crippen molar-refractivity contribution in [3.63, 3.8) is 0 Å². The number of rotatable bonds is 4. The first-order valence-electron chi connectivity index (χ1n) is 10.3. The number of halogens is 1. The molecule has 170 valence electrons. The van der Waals surface area contributed by atoms with Crippen LogP contribution < -0.4 is 15.4 Å². The second kappa shape index (κ2) is 8.73. The topological polar surface area (TPSA) is 105 Å². The summed E-state index contributed by atoms with van der Waals surface area (Å²) in [4.78, 5) is 24.5. The quantitative estimate of drug-likeness (QED) is 0.702. The Bertz CT molecular complexity index is 1200. The van der Waals surface area contributed by atoms with Gasteiger partial charge >= 0.3 is 0 Å². The molecule has 0 radical (unpaired) electrons. The monoisotopic (exact) mass is 477 g/mol. The van der Waals surface area contributed by atoms with Crippen LogP contribution in [0.2, 0.25) is 5.02 Å². The highest BCUT2D eigenvalue weighted by atomic mass is 35.5. The highest BCUT2D eigenvalue weighted by molar-refractivity contribution is 7.89. The van der Waals surface area contributed by atoms with Crippen LogP contribution in [0.15, 0.2) is 35.2 Å². The van der Waals surface area contributed by atoms with Gasteiger partial charge in [0.2, 0.25) is 15.9 Å². The van der Waals surface area contributed by atoms with Gasteiger partial charge in [0.25, 0.3) is 5.91 Å². The Balaban J connectivity index is 1.54. The average molecular weight is 478 g/mol. The van der Waals surface area contributed by atoms with Crippen LogP contribution >= 0.6 is 11.6 Å². The molecule has 2 aromatic rings. The number of ether oxygens (including phenoxy) is 1. The zero-order valence-electron chi connectivity index (χ0n) is 17.8. The van der Waals surface area contributed by atoms with E-state index in [1.165, 1.54) is 10.4 Å². The number of hydrogen-bond donors (Lipinski definition) is 2. The van der Waals surface area contributed by atoms with E-state index in [2.05, 4.69) is 10.6 Å². The Hall–Kier alpha value is -2.62. The van der Waals surface area contributed by atoms with Crippen LogP contribution in [0.3, 0.4) is 0 Å². The van der Waals surface area contributed by atoms with Crippen molar-refractivity contribution >= 4 is 44.8 Å². The molecule has 0 aliphatic carbocycles. The highest BCUT2D eigenvalue weighted by Gasteiger charge is 2.35. The van der Waals surface area contributed by atoms with Crippen molar-refractivity contribution in [3.8, 4) is 5.75 Å². The summed E-state index contributed by atoms with van der Waals surface area (Å²) >= 11 is 6.13. The van der Waals surface area contributed by atoms with Crippen molar-refractivity contribution in [3.05, 3.63) is 46.5 Å². The van der Waals surface area contributed by atoms with E-state index < -0.39 is 15.9 Å². The summed E-state index contributed by atoms with van der Waals surface area (Å²) in [7, 11) is -3.85. The Labute approximate surface area is 191 Å². The van der Waals surface area contributed by atoms with E-state index in [9.17, 15) is 18.0 Å². The molecule has 0 saturated carbocycles. The van der Waals surface area contributed by atoms with Crippen LogP contribution in [-0.2, 0) is 19.6 Å². The van der Waals surface area contributed by atoms with Gasteiger partial charge in [0.1, 0.15) is 5.75 Å². The molecule has 1 fully saturated rings. The van der Waals surface area contributed by atoms with Crippen molar-refractivity contribution in [1.82, 2.24) is 4.31 Å². The van der Waals surface area contributed by atoms with Crippen LogP contribution in [0.25, 0.3) is 0 Å². The molecule has 0 unspecified atom stereocenters. The number of anilines is 2. The van der Waals surface area contributed by atoms with Crippen LogP contribution in [0, 0.1) is 19.8 Å². The number of carbonyl (C=O) groups excluding carboxylic acids is 2. The van der Waals surface area contributed by atoms with Gasteiger partial charge in [-0.3, -0.25) is 9.59 Å². The Morgan fingerprint density at radius 3 is 2.84 bits per heavy atom. The van der Waals surface area contributed by atoms with E-state index in [0.717, 1.165) is 5.56 Å². The van der Waals surface area contributed by atoms with Crippen LogP contribution in [0.5, 0.6) is 5.75 Å². The van der Waals surface area contributed by atoms with Gasteiger partial charge in [0, 0.05) is 29.9 Å². The molecule has 2 aromatic carbocycles. The zero-order chi connectivity index (χ0) is 23.0. The minimum atomic E-state index is -3.85. The summed E-state index contributed by atoms with van der Waals surface area (Å²) < 4.78 is 33.6. The van der Waals surface area contributed by atoms with E-state index in [1.807, 2.05) is 6.92 Å². The maximum atomic E-state index is 13.4. The van der Waals surface area contributed by atoms with Crippen LogP contribution in [0.1, 0.15) is 24.0 Å². The van der Waals surface area contributed by atoms with E-state index in [0.29, 0.717) is 47.1 Å². The minimum absolute atomic E-state index is 0.0852. The third kappa shape index (κ3) is 4.32. The molecular formula is C22H24ClN3O5S. The van der Waals surface area contributed by atoms with Gasteiger partial charge in [-0.2, -0.15) is 4.31 Å². The summed E-state index contributed by atoms with van der Waals surface area (Å²) in [6, 6.07) is 8.31. The van der Waals surface area contributed by atoms with Gasteiger partial charge in [0.15, 0.2) is 6.61 Å². The van der Waals surface area contributed by atoms with Crippen LogP contribution in [-0.4, -0.2) is 44.2 Å². The number of aryl methyl sites for hydroxylation is 1. The lowest BCUT2D eigenvalue weighted by molar-refractivity contribution is -0.121. The summed E-state index contributed by atoms with van der Waals surface area (Å²) in [5, 5.41) is 6.11. The molecule has 0 aromatic heterocycles. The molecular weight excluding hydrogens is 454 g/mol. The highest BCUT2D eigenvalue weighted by Crippen LogP contribution is 2.35. The molecule has 2 aliphatic rings. The molecule has 2 heterocycles. The van der Waals surface area contributed by atoms with E-state index in [4.69, 9.17) is 16.3 Å². The van der Waals surface area contributed by atoms with Gasteiger partial charge in [-0.15, -0.1) is 0 Å². The van der Waals surface area contributed by atoms with Gasteiger partial charge in [-0.05, 0) is 56.0 Å². The standard InChI is InChI=1S/C22H24ClN3O5S/c1-13-9-18-19(31-12-21(27)24-18)10-20(13)32(29,30)26-8-4-5-15(11-26)22(28)25-17-7-3-6-16(23)14(17)2/h3,6-7,9-10,15H,4-5,8,11-12H2,1-2H3,(H,24,27)(H,25,28)/t15-/m0/s1. The van der Waals surface area contributed by atoms with Crippen molar-refractivity contribution in [2.24, 2.45) is 5.92 Å². The van der Waals surface area contributed by atoms with Crippen molar-refractivity contribution in [2.45, 2.75) is 31.6 Å². The number of benzene rings is 2. The number of sulfonamides is 1.